The Labute approximate surface area is 445 Å². The number of benzene rings is 3. The van der Waals surface area contributed by atoms with E-state index in [4.69, 9.17) is 75.8 Å². The first-order valence-corrected chi connectivity index (χ1v) is 26.1. The predicted octanol–water partition coefficient (Wildman–Crippen LogP) is 4.05. The third kappa shape index (κ3) is 20.3. The minimum absolute atomic E-state index is 0.0170. The van der Waals surface area contributed by atoms with E-state index in [2.05, 4.69) is 0 Å². The number of nitrogens with zero attached hydrogens (tertiary/aromatic N) is 1. The molecule has 3 aromatic carbocycles. The topological polar surface area (TPSA) is 243 Å². The molecule has 0 aliphatic rings. The van der Waals surface area contributed by atoms with Crippen LogP contribution in [0.1, 0.15) is 38.3 Å². The van der Waals surface area contributed by atoms with Gasteiger partial charge in [0, 0.05) is 81.2 Å². The van der Waals surface area contributed by atoms with Crippen molar-refractivity contribution in [1.82, 2.24) is 0 Å². The van der Waals surface area contributed by atoms with Gasteiger partial charge in [0.1, 0.15) is 53.9 Å². The Kier molecular flexibility index (Phi) is 28.2. The summed E-state index contributed by atoms with van der Waals surface area (Å²) < 4.78 is 130. The first kappa shape index (κ1) is 63.8. The number of carbonyl (C=O) groups excluding carboxylic acids is 2. The first-order valence-electron chi connectivity index (χ1n) is 24.6. The molecular formula is C53H77NO21S. The third-order valence-electron chi connectivity index (χ3n) is 11.6. The van der Waals surface area contributed by atoms with Gasteiger partial charge in [-0.1, -0.05) is 0 Å². The van der Waals surface area contributed by atoms with E-state index in [1.165, 1.54) is 7.11 Å². The number of hydrogen-bond donors (Lipinski definition) is 0. The molecule has 0 spiro atoms. The van der Waals surface area contributed by atoms with Crippen LogP contribution in [0.2, 0.25) is 0 Å². The van der Waals surface area contributed by atoms with E-state index in [-0.39, 0.29) is 121 Å². The second kappa shape index (κ2) is 33.6. The fraction of sp³-hybridized carbons (Fsp3) is 0.604. The molecule has 4 aromatic rings. The number of pyridine rings is 1. The molecule has 0 bridgehead atoms. The van der Waals surface area contributed by atoms with Crippen molar-refractivity contribution < 1.29 is 103 Å². The van der Waals surface area contributed by atoms with Crippen LogP contribution in [0, 0.1) is 13.8 Å². The van der Waals surface area contributed by atoms with Gasteiger partial charge < -0.3 is 80.3 Å². The predicted molar refractivity (Wildman–Crippen MR) is 276 cm³/mol. The molecule has 0 N–H and O–H groups in total. The molecule has 76 heavy (non-hydrogen) atoms. The summed E-state index contributed by atoms with van der Waals surface area (Å²) in [7, 11) is 9.10. The van der Waals surface area contributed by atoms with Crippen molar-refractivity contribution in [2.45, 2.75) is 63.4 Å². The van der Waals surface area contributed by atoms with Crippen LogP contribution in [0.5, 0.6) is 17.2 Å². The molecule has 1 heterocycles. The summed E-state index contributed by atoms with van der Waals surface area (Å²) in [5, 5.41) is 0.638. The van der Waals surface area contributed by atoms with E-state index < -0.39 is 64.4 Å². The van der Waals surface area contributed by atoms with E-state index in [1.807, 2.05) is 4.57 Å². The third-order valence-corrected chi connectivity index (χ3v) is 12.4. The maximum Gasteiger partial charge on any atom is 0.345 e. The van der Waals surface area contributed by atoms with E-state index >= 15 is 4.79 Å². The molecule has 1 aromatic heterocycles. The normalized spacial score (nSPS) is 12.2. The summed E-state index contributed by atoms with van der Waals surface area (Å²) in [6, 6.07) is 13.3. The number of methoxy groups -OCH3 is 9. The molecule has 0 aliphatic carbocycles. The Hall–Kier alpha value is -4.70. The zero-order valence-electron chi connectivity index (χ0n) is 45.6. The van der Waals surface area contributed by atoms with Gasteiger partial charge in [0.15, 0.2) is 6.54 Å². The van der Waals surface area contributed by atoms with Gasteiger partial charge in [-0.15, -0.1) is 0 Å². The van der Waals surface area contributed by atoms with Gasteiger partial charge in [-0.2, -0.15) is 4.57 Å². The van der Waals surface area contributed by atoms with Gasteiger partial charge in [-0.3, -0.25) is 0 Å². The number of aryl methyl sites for hydroxylation is 3. The van der Waals surface area contributed by atoms with Gasteiger partial charge in [0.2, 0.25) is 11.0 Å². The lowest BCUT2D eigenvalue weighted by Crippen LogP contribution is -2.38. The molecule has 0 radical (unpaired) electrons. The Balaban J connectivity index is 2.01. The van der Waals surface area contributed by atoms with Crippen LogP contribution in [0.15, 0.2) is 48.5 Å². The monoisotopic (exact) mass is 1100 g/mol. The summed E-state index contributed by atoms with van der Waals surface area (Å²) in [5.74, 6) is -1.24. The minimum Gasteiger partial charge on any atom is -0.748 e. The average molecular weight is 1100 g/mol. The van der Waals surface area contributed by atoms with Gasteiger partial charge in [-0.25, -0.2) is 18.0 Å². The number of esters is 2. The van der Waals surface area contributed by atoms with E-state index in [0.717, 1.165) is 0 Å². The second-order valence-corrected chi connectivity index (χ2v) is 19.3. The molecule has 0 amide bonds. The Morgan fingerprint density at radius 3 is 1.17 bits per heavy atom. The lowest BCUT2D eigenvalue weighted by molar-refractivity contribution is -0.645. The number of rotatable bonds is 39. The summed E-state index contributed by atoms with van der Waals surface area (Å²) in [6.45, 7) is 5.40. The average Bonchev–Trinajstić information content (AvgIpc) is 3.38. The highest BCUT2D eigenvalue weighted by Gasteiger charge is 2.30. The SMILES string of the molecule is COCC(COC)OCC(COC(COC)COC)Oc1ccc2c(c1)c(C(=O)Oc1c(C)cc(C(=O)OC)cc1C)c1cc(OC(COC(COC)COC)COC(COC)COC)ccc1[n+]2CCCS(=O)(=O)[O-]. The molecule has 0 unspecified atom stereocenters. The van der Waals surface area contributed by atoms with Gasteiger partial charge in [-0.05, 0) is 61.4 Å². The van der Waals surface area contributed by atoms with Crippen molar-refractivity contribution in [1.29, 1.82) is 0 Å². The van der Waals surface area contributed by atoms with Crippen LogP contribution in [-0.4, -0.2) is 211 Å². The molecule has 0 fully saturated rings. The van der Waals surface area contributed by atoms with Crippen molar-refractivity contribution in [2.75, 3.05) is 149 Å². The zero-order valence-corrected chi connectivity index (χ0v) is 46.4. The number of aromatic nitrogens is 1. The van der Waals surface area contributed by atoms with E-state index in [1.54, 1.807) is 119 Å². The highest BCUT2D eigenvalue weighted by Crippen LogP contribution is 2.34. The van der Waals surface area contributed by atoms with Crippen LogP contribution < -0.4 is 18.8 Å². The molecule has 22 nitrogen and oxygen atoms in total. The molecule has 426 valence electrons. The quantitative estimate of drug-likeness (QED) is 0.0201. The van der Waals surface area contributed by atoms with E-state index in [9.17, 15) is 17.8 Å². The maximum atomic E-state index is 15.2. The summed E-state index contributed by atoms with van der Waals surface area (Å²) in [5.41, 5.74) is 2.22. The van der Waals surface area contributed by atoms with Crippen LogP contribution in [-0.2, 0) is 78.2 Å². The lowest BCUT2D eigenvalue weighted by atomic mass is 10.0. The van der Waals surface area contributed by atoms with Crippen molar-refractivity contribution in [3.63, 3.8) is 0 Å². The van der Waals surface area contributed by atoms with Crippen LogP contribution >= 0.6 is 0 Å². The Bertz CT molecular complexity index is 2320. The van der Waals surface area contributed by atoms with Crippen molar-refractivity contribution in [2.24, 2.45) is 0 Å². The fourth-order valence-corrected chi connectivity index (χ4v) is 8.81. The van der Waals surface area contributed by atoms with Gasteiger partial charge in [0.05, 0.1) is 118 Å². The zero-order chi connectivity index (χ0) is 55.6. The summed E-state index contributed by atoms with van der Waals surface area (Å²) in [6.07, 6.45) is -3.38. The summed E-state index contributed by atoms with van der Waals surface area (Å²) >= 11 is 0. The van der Waals surface area contributed by atoms with Crippen LogP contribution in [0.3, 0.4) is 0 Å². The number of fused-ring (bicyclic) bond motifs is 2. The molecule has 23 heteroatoms. The van der Waals surface area contributed by atoms with Crippen molar-refractivity contribution >= 4 is 43.9 Å². The summed E-state index contributed by atoms with van der Waals surface area (Å²) in [4.78, 5) is 27.8. The Morgan fingerprint density at radius 2 is 0.855 bits per heavy atom. The minimum atomic E-state index is -4.61. The molecule has 0 aliphatic heterocycles. The van der Waals surface area contributed by atoms with Crippen molar-refractivity contribution in [3.8, 4) is 17.2 Å². The molecule has 0 atom stereocenters. The number of hydrogen-bond acceptors (Lipinski definition) is 21. The van der Waals surface area contributed by atoms with Crippen LogP contribution in [0.4, 0.5) is 0 Å². The Morgan fingerprint density at radius 1 is 0.500 bits per heavy atom. The standard InChI is InChI=1S/C53H77NO21S/c1-35-19-37(52(55)68-11)20-36(2)51(35)75-53(56)50-46-21-38(73-44(31-69-40(23-60-3)24-61-4)32-70-41(25-62-5)26-63-6)13-15-48(46)54(17-12-18-76(57,58)59)49-16-14-39(22-47(49)50)74-45(33-71-42(27-64-7)28-65-8)34-72-43(29-66-9)30-67-10/h13-16,19-22,40-45H,12,17-18,23-34H2,1-11H3. The highest BCUT2D eigenvalue weighted by atomic mass is 32.2. The number of ether oxygens (including phenoxy) is 16. The fourth-order valence-electron chi connectivity index (χ4n) is 8.33. The lowest BCUT2D eigenvalue weighted by Gasteiger charge is -2.25. The van der Waals surface area contributed by atoms with Gasteiger partial charge >= 0.3 is 11.9 Å². The van der Waals surface area contributed by atoms with Crippen molar-refractivity contribution in [3.05, 3.63) is 70.8 Å². The smallest absolute Gasteiger partial charge is 0.345 e. The second-order valence-electron chi connectivity index (χ2n) is 17.8. The molecule has 0 saturated heterocycles. The largest absolute Gasteiger partial charge is 0.748 e. The molecular weight excluding hydrogens is 1020 g/mol. The highest BCUT2D eigenvalue weighted by molar-refractivity contribution is 7.85. The maximum absolute atomic E-state index is 15.2. The molecule has 4 rings (SSSR count). The number of carbonyl (C=O) groups is 2. The van der Waals surface area contributed by atoms with E-state index in [0.29, 0.717) is 32.9 Å². The van der Waals surface area contributed by atoms with Gasteiger partial charge in [0.25, 0.3) is 0 Å². The molecule has 0 saturated carbocycles. The van der Waals surface area contributed by atoms with Crippen LogP contribution in [0.25, 0.3) is 21.8 Å². The first-order chi connectivity index (χ1) is 36.6.